The van der Waals surface area contributed by atoms with Crippen LogP contribution in [0.15, 0.2) is 23.8 Å². The zero-order valence-electron chi connectivity index (χ0n) is 7.97. The van der Waals surface area contributed by atoms with Crippen molar-refractivity contribution in [2.45, 2.75) is 39.0 Å². The summed E-state index contributed by atoms with van der Waals surface area (Å²) in [5.41, 5.74) is 3.20. The minimum absolute atomic E-state index is 0.941. The van der Waals surface area contributed by atoms with Crippen molar-refractivity contribution in [2.75, 3.05) is 0 Å². The third kappa shape index (κ3) is 1.48. The lowest BCUT2D eigenvalue weighted by molar-refractivity contribution is 0.273. The fraction of sp³-hybridized carbons (Fsp3) is 0.667. The maximum absolute atomic E-state index is 4.13. The van der Waals surface area contributed by atoms with Crippen molar-refractivity contribution in [3.8, 4) is 0 Å². The van der Waals surface area contributed by atoms with Gasteiger partial charge in [-0.2, -0.15) is 0 Å². The highest BCUT2D eigenvalue weighted by atomic mass is 14.3. The van der Waals surface area contributed by atoms with Crippen molar-refractivity contribution in [2.24, 2.45) is 11.8 Å². The summed E-state index contributed by atoms with van der Waals surface area (Å²) < 4.78 is 0. The van der Waals surface area contributed by atoms with Crippen LogP contribution >= 0.6 is 0 Å². The molecule has 2 rings (SSSR count). The van der Waals surface area contributed by atoms with E-state index in [9.17, 15) is 0 Å². The molecule has 2 saturated carbocycles. The lowest BCUT2D eigenvalue weighted by Gasteiger charge is -2.37. The Bertz CT molecular complexity index is 204. The first-order valence-corrected chi connectivity index (χ1v) is 5.08. The fourth-order valence-corrected chi connectivity index (χ4v) is 2.91. The van der Waals surface area contributed by atoms with Crippen molar-refractivity contribution in [3.63, 3.8) is 0 Å². The molecule has 2 unspecified atom stereocenters. The molecule has 0 saturated heterocycles. The van der Waals surface area contributed by atoms with Crippen LogP contribution in [-0.4, -0.2) is 0 Å². The second kappa shape index (κ2) is 3.08. The minimum atomic E-state index is 0.941. The molecule has 0 nitrogen and oxygen atoms in total. The minimum Gasteiger partial charge on any atom is -0.0998 e. The number of hydrogen-bond acceptors (Lipinski definition) is 0. The van der Waals surface area contributed by atoms with Crippen molar-refractivity contribution < 1.29 is 0 Å². The van der Waals surface area contributed by atoms with E-state index >= 15 is 0 Å². The molecule has 66 valence electrons. The van der Waals surface area contributed by atoms with Crippen LogP contribution in [0.4, 0.5) is 0 Å². The summed E-state index contributed by atoms with van der Waals surface area (Å²) in [4.78, 5) is 0. The summed E-state index contributed by atoms with van der Waals surface area (Å²) >= 11 is 0. The van der Waals surface area contributed by atoms with Gasteiger partial charge >= 0.3 is 0 Å². The highest BCUT2D eigenvalue weighted by molar-refractivity contribution is 5.14. The molecular weight excluding hydrogens is 144 g/mol. The zero-order valence-corrected chi connectivity index (χ0v) is 7.97. The van der Waals surface area contributed by atoms with E-state index in [0.717, 1.165) is 11.8 Å². The standard InChI is InChI=1S/C12H18/c1-3-10-6-11-4-9(2)5-12(7-10)8-11/h3,11-12H,2,4-8H2,1H3. The average molecular weight is 162 g/mol. The summed E-state index contributed by atoms with van der Waals surface area (Å²) in [7, 11) is 0. The highest BCUT2D eigenvalue weighted by Gasteiger charge is 2.29. The number of allylic oxidation sites excluding steroid dienone is 3. The van der Waals surface area contributed by atoms with Crippen molar-refractivity contribution >= 4 is 0 Å². The largest absolute Gasteiger partial charge is 0.0998 e. The first-order chi connectivity index (χ1) is 5.78. The van der Waals surface area contributed by atoms with E-state index in [1.54, 1.807) is 5.57 Å². The number of rotatable bonds is 0. The van der Waals surface area contributed by atoms with Gasteiger partial charge in [-0.15, -0.1) is 0 Å². The van der Waals surface area contributed by atoms with Gasteiger partial charge in [0.15, 0.2) is 0 Å². The van der Waals surface area contributed by atoms with Crippen molar-refractivity contribution in [1.29, 1.82) is 0 Å². The van der Waals surface area contributed by atoms with Crippen LogP contribution in [0.25, 0.3) is 0 Å². The Balaban J connectivity index is 2.10. The first kappa shape index (κ1) is 8.10. The molecule has 2 bridgehead atoms. The normalized spacial score (nSPS) is 35.1. The molecule has 12 heavy (non-hydrogen) atoms. The molecule has 2 atom stereocenters. The Labute approximate surface area is 75.4 Å². The molecule has 0 amide bonds. The summed E-state index contributed by atoms with van der Waals surface area (Å²) in [5.74, 6) is 1.88. The molecule has 2 aliphatic rings. The molecular formula is C12H18. The molecule has 0 heterocycles. The molecule has 2 aliphatic carbocycles. The van der Waals surface area contributed by atoms with Crippen LogP contribution in [-0.2, 0) is 0 Å². The molecule has 0 aromatic heterocycles. The lowest BCUT2D eigenvalue weighted by atomic mass is 9.69. The van der Waals surface area contributed by atoms with E-state index in [1.165, 1.54) is 37.7 Å². The molecule has 0 radical (unpaired) electrons. The number of hydrogen-bond donors (Lipinski definition) is 0. The SMILES string of the molecule is C=C1CC2CC(=CC)CC(C1)C2. The molecule has 0 spiro atoms. The van der Waals surface area contributed by atoms with Gasteiger partial charge in [0.2, 0.25) is 0 Å². The van der Waals surface area contributed by atoms with E-state index in [4.69, 9.17) is 0 Å². The van der Waals surface area contributed by atoms with Crippen molar-refractivity contribution in [3.05, 3.63) is 23.8 Å². The second-order valence-electron chi connectivity index (χ2n) is 4.48. The van der Waals surface area contributed by atoms with Gasteiger partial charge in [-0.05, 0) is 50.9 Å². The summed E-state index contributed by atoms with van der Waals surface area (Å²) in [6, 6.07) is 0. The Morgan fingerprint density at radius 2 is 1.75 bits per heavy atom. The molecule has 2 fully saturated rings. The van der Waals surface area contributed by atoms with Crippen LogP contribution in [0.5, 0.6) is 0 Å². The van der Waals surface area contributed by atoms with E-state index in [-0.39, 0.29) is 0 Å². The molecule has 0 aromatic rings. The molecule has 0 heteroatoms. The summed E-state index contributed by atoms with van der Waals surface area (Å²) in [6.45, 7) is 6.31. The van der Waals surface area contributed by atoms with Crippen LogP contribution in [0.3, 0.4) is 0 Å². The monoisotopic (exact) mass is 162 g/mol. The fourth-order valence-electron chi connectivity index (χ4n) is 2.91. The quantitative estimate of drug-likeness (QED) is 0.476. The molecule has 0 N–H and O–H groups in total. The summed E-state index contributed by atoms with van der Waals surface area (Å²) in [6.07, 6.45) is 9.10. The lowest BCUT2D eigenvalue weighted by Crippen LogP contribution is -2.23. The summed E-state index contributed by atoms with van der Waals surface area (Å²) in [5, 5.41) is 0. The third-order valence-electron chi connectivity index (χ3n) is 3.33. The maximum atomic E-state index is 4.13. The predicted molar refractivity (Wildman–Crippen MR) is 53.0 cm³/mol. The van der Waals surface area contributed by atoms with Gasteiger partial charge in [0.25, 0.3) is 0 Å². The van der Waals surface area contributed by atoms with E-state index in [0.29, 0.717) is 0 Å². The highest BCUT2D eigenvalue weighted by Crippen LogP contribution is 2.43. The van der Waals surface area contributed by atoms with Gasteiger partial charge in [0, 0.05) is 0 Å². The van der Waals surface area contributed by atoms with E-state index in [2.05, 4.69) is 19.6 Å². The Morgan fingerprint density at radius 3 is 2.25 bits per heavy atom. The third-order valence-corrected chi connectivity index (χ3v) is 3.33. The Kier molecular flexibility index (Phi) is 2.08. The van der Waals surface area contributed by atoms with Gasteiger partial charge in [-0.1, -0.05) is 23.8 Å². The maximum Gasteiger partial charge on any atom is -0.0289 e. The van der Waals surface area contributed by atoms with Crippen LogP contribution in [0.2, 0.25) is 0 Å². The Morgan fingerprint density at radius 1 is 1.17 bits per heavy atom. The van der Waals surface area contributed by atoms with Crippen LogP contribution in [0.1, 0.15) is 39.0 Å². The van der Waals surface area contributed by atoms with Gasteiger partial charge < -0.3 is 0 Å². The first-order valence-electron chi connectivity index (χ1n) is 5.08. The number of fused-ring (bicyclic) bond motifs is 2. The molecule has 0 aliphatic heterocycles. The zero-order chi connectivity index (χ0) is 8.55. The van der Waals surface area contributed by atoms with Gasteiger partial charge in [-0.3, -0.25) is 0 Å². The smallest absolute Gasteiger partial charge is 0.0289 e. The second-order valence-corrected chi connectivity index (χ2v) is 4.48. The van der Waals surface area contributed by atoms with Crippen molar-refractivity contribution in [1.82, 2.24) is 0 Å². The van der Waals surface area contributed by atoms with Gasteiger partial charge in [0.05, 0.1) is 0 Å². The molecule has 0 aromatic carbocycles. The Hall–Kier alpha value is -0.520. The van der Waals surface area contributed by atoms with Crippen LogP contribution in [0, 0.1) is 11.8 Å². The predicted octanol–water partition coefficient (Wildman–Crippen LogP) is 3.70. The van der Waals surface area contributed by atoms with E-state index < -0.39 is 0 Å². The van der Waals surface area contributed by atoms with Crippen LogP contribution < -0.4 is 0 Å². The van der Waals surface area contributed by atoms with Gasteiger partial charge in [0.1, 0.15) is 0 Å². The van der Waals surface area contributed by atoms with E-state index in [1.807, 2.05) is 0 Å². The van der Waals surface area contributed by atoms with Gasteiger partial charge in [-0.25, -0.2) is 0 Å². The average Bonchev–Trinajstić information content (AvgIpc) is 2.02. The topological polar surface area (TPSA) is 0 Å².